The van der Waals surface area contributed by atoms with Crippen LogP contribution in [0.1, 0.15) is 27.2 Å². The van der Waals surface area contributed by atoms with E-state index in [1.54, 1.807) is 24.4 Å². The maximum atomic E-state index is 13.1. The highest BCUT2D eigenvalue weighted by Crippen LogP contribution is 2.16. The van der Waals surface area contributed by atoms with E-state index in [1.165, 1.54) is 4.57 Å². The van der Waals surface area contributed by atoms with Crippen molar-refractivity contribution >= 4 is 11.7 Å². The number of nitrogens with one attached hydrogen (secondary N) is 2. The molecule has 0 bridgehead atoms. The number of primary amides is 1. The van der Waals surface area contributed by atoms with Gasteiger partial charge in [-0.25, -0.2) is 4.98 Å². The first-order chi connectivity index (χ1) is 13.5. The zero-order chi connectivity index (χ0) is 20.1. The number of nitrogens with two attached hydrogens (primary N) is 1. The molecule has 0 radical (unpaired) electrons. The Morgan fingerprint density at radius 1 is 1.14 bits per heavy atom. The summed E-state index contributed by atoms with van der Waals surface area (Å²) >= 11 is 0. The van der Waals surface area contributed by atoms with Crippen molar-refractivity contribution in [3.8, 4) is 5.69 Å². The van der Waals surface area contributed by atoms with Crippen molar-refractivity contribution in [3.05, 3.63) is 87.5 Å². The Morgan fingerprint density at radius 2 is 1.89 bits per heavy atom. The molecule has 4 N–H and O–H groups in total. The van der Waals surface area contributed by atoms with Gasteiger partial charge in [0.1, 0.15) is 0 Å². The summed E-state index contributed by atoms with van der Waals surface area (Å²) in [6, 6.07) is 14.8. The van der Waals surface area contributed by atoms with Crippen LogP contribution in [0.25, 0.3) is 5.69 Å². The first-order valence-electron chi connectivity index (χ1n) is 8.95. The summed E-state index contributed by atoms with van der Waals surface area (Å²) < 4.78 is 1.51. The van der Waals surface area contributed by atoms with E-state index in [9.17, 15) is 9.59 Å². The molecule has 28 heavy (non-hydrogen) atoms. The summed E-state index contributed by atoms with van der Waals surface area (Å²) in [4.78, 5) is 29.1. The average Bonchev–Trinajstić information content (AvgIpc) is 2.69. The zero-order valence-corrected chi connectivity index (χ0v) is 15.9. The van der Waals surface area contributed by atoms with Crippen LogP contribution in [0, 0.1) is 6.92 Å². The maximum Gasteiger partial charge on any atom is 0.297 e. The van der Waals surface area contributed by atoms with Crippen LogP contribution in [0.15, 0.2) is 59.5 Å². The Balaban J connectivity index is 2.06. The lowest BCUT2D eigenvalue weighted by Gasteiger charge is -2.15. The minimum Gasteiger partial charge on any atom is -0.366 e. The molecular formula is C21H23N5O2. The molecule has 0 aliphatic heterocycles. The number of carbonyl (C=O) groups is 1. The number of aryl methyl sites for hydroxylation is 1. The van der Waals surface area contributed by atoms with E-state index < -0.39 is 5.91 Å². The molecule has 0 atom stereocenters. The normalized spacial score (nSPS) is 10.6. The number of carbonyl (C=O) groups excluding carboxylic acids is 1. The molecule has 7 nitrogen and oxygen atoms in total. The highest BCUT2D eigenvalue weighted by molar-refractivity contribution is 5.93. The van der Waals surface area contributed by atoms with Gasteiger partial charge >= 0.3 is 0 Å². The standard InChI is InChI=1S/C21H23N5O2/c1-14-8-9-16(19(22)27)10-18(14)26-13-17(12-23-2)25-20(21(26)28)24-11-15-6-4-3-5-7-15/h3-10,13,23H,11-12H2,1-2H3,(H2,22,27)(H,24,25). The average molecular weight is 377 g/mol. The van der Waals surface area contributed by atoms with Crippen LogP contribution in [0.3, 0.4) is 0 Å². The molecule has 1 amide bonds. The van der Waals surface area contributed by atoms with Gasteiger partial charge in [0.05, 0.1) is 11.4 Å². The Morgan fingerprint density at radius 3 is 2.57 bits per heavy atom. The molecule has 1 aromatic heterocycles. The van der Waals surface area contributed by atoms with E-state index >= 15 is 0 Å². The number of benzene rings is 2. The predicted octanol–water partition coefficient (Wildman–Crippen LogP) is 1.97. The summed E-state index contributed by atoms with van der Waals surface area (Å²) in [6.45, 7) is 2.85. The second kappa shape index (κ2) is 8.49. The third-order valence-corrected chi connectivity index (χ3v) is 4.37. The van der Waals surface area contributed by atoms with Gasteiger partial charge in [-0.3, -0.25) is 14.2 Å². The lowest BCUT2D eigenvalue weighted by atomic mass is 10.1. The Hall–Kier alpha value is -3.45. The van der Waals surface area contributed by atoms with Gasteiger partial charge in [0.15, 0.2) is 5.82 Å². The van der Waals surface area contributed by atoms with Crippen molar-refractivity contribution in [3.63, 3.8) is 0 Å². The summed E-state index contributed by atoms with van der Waals surface area (Å²) in [5.41, 5.74) is 8.65. The van der Waals surface area contributed by atoms with Crippen LogP contribution in [0.4, 0.5) is 5.82 Å². The lowest BCUT2D eigenvalue weighted by molar-refractivity contribution is 0.100. The van der Waals surface area contributed by atoms with Crippen molar-refractivity contribution in [2.24, 2.45) is 5.73 Å². The van der Waals surface area contributed by atoms with E-state index in [-0.39, 0.29) is 11.4 Å². The Kier molecular flexibility index (Phi) is 5.86. The third kappa shape index (κ3) is 4.27. The van der Waals surface area contributed by atoms with Crippen molar-refractivity contribution in [2.75, 3.05) is 12.4 Å². The molecule has 0 aliphatic carbocycles. The van der Waals surface area contributed by atoms with Gasteiger partial charge in [-0.1, -0.05) is 36.4 Å². The quantitative estimate of drug-likeness (QED) is 0.584. The number of anilines is 1. The van der Waals surface area contributed by atoms with E-state index in [4.69, 9.17) is 5.73 Å². The summed E-state index contributed by atoms with van der Waals surface area (Å²) in [5.74, 6) is -0.290. The fourth-order valence-corrected chi connectivity index (χ4v) is 2.91. The minimum absolute atomic E-state index is 0.250. The molecule has 0 fully saturated rings. The smallest absolute Gasteiger partial charge is 0.297 e. The second-order valence-electron chi connectivity index (χ2n) is 6.49. The van der Waals surface area contributed by atoms with Crippen LogP contribution < -0.4 is 21.9 Å². The summed E-state index contributed by atoms with van der Waals surface area (Å²) in [5, 5.41) is 6.18. The molecule has 0 saturated carbocycles. The van der Waals surface area contributed by atoms with Gasteiger partial charge in [-0.15, -0.1) is 0 Å². The number of amides is 1. The first kappa shape index (κ1) is 19.3. The fraction of sp³-hybridized carbons (Fsp3) is 0.190. The molecule has 2 aromatic carbocycles. The second-order valence-corrected chi connectivity index (χ2v) is 6.49. The maximum absolute atomic E-state index is 13.1. The van der Waals surface area contributed by atoms with Gasteiger partial charge in [0, 0.05) is 24.8 Å². The molecule has 7 heteroatoms. The largest absolute Gasteiger partial charge is 0.366 e. The minimum atomic E-state index is -0.541. The molecular weight excluding hydrogens is 354 g/mol. The number of hydrogen-bond donors (Lipinski definition) is 3. The van der Waals surface area contributed by atoms with Crippen LogP contribution in [0.5, 0.6) is 0 Å². The summed E-state index contributed by atoms with van der Waals surface area (Å²) in [7, 11) is 1.81. The van der Waals surface area contributed by atoms with Crippen molar-refractivity contribution < 1.29 is 4.79 Å². The van der Waals surface area contributed by atoms with Crippen molar-refractivity contribution in [2.45, 2.75) is 20.0 Å². The number of nitrogens with zero attached hydrogens (tertiary/aromatic N) is 2. The summed E-state index contributed by atoms with van der Waals surface area (Å²) in [6.07, 6.45) is 1.68. The third-order valence-electron chi connectivity index (χ3n) is 4.37. The van der Waals surface area contributed by atoms with E-state index in [2.05, 4.69) is 15.6 Å². The van der Waals surface area contributed by atoms with Gasteiger partial charge in [0.2, 0.25) is 5.91 Å². The first-order valence-corrected chi connectivity index (χ1v) is 8.95. The molecule has 0 aliphatic rings. The Bertz CT molecular complexity index is 1040. The number of aromatic nitrogens is 2. The van der Waals surface area contributed by atoms with E-state index in [0.29, 0.717) is 30.0 Å². The van der Waals surface area contributed by atoms with Crippen molar-refractivity contribution in [1.29, 1.82) is 0 Å². The number of rotatable bonds is 7. The van der Waals surface area contributed by atoms with Crippen molar-refractivity contribution in [1.82, 2.24) is 14.9 Å². The fourth-order valence-electron chi connectivity index (χ4n) is 2.91. The predicted molar refractivity (Wildman–Crippen MR) is 110 cm³/mol. The van der Waals surface area contributed by atoms with E-state index in [1.807, 2.05) is 44.3 Å². The molecule has 144 valence electrons. The van der Waals surface area contributed by atoms with Gasteiger partial charge in [-0.05, 0) is 37.2 Å². The molecule has 0 saturated heterocycles. The van der Waals surface area contributed by atoms with Crippen LogP contribution in [-0.2, 0) is 13.1 Å². The Labute approximate surface area is 163 Å². The highest BCUT2D eigenvalue weighted by Gasteiger charge is 2.13. The molecule has 0 spiro atoms. The molecule has 3 aromatic rings. The zero-order valence-electron chi connectivity index (χ0n) is 15.9. The van der Waals surface area contributed by atoms with E-state index in [0.717, 1.165) is 11.1 Å². The molecule has 0 unspecified atom stereocenters. The molecule has 3 rings (SSSR count). The molecule has 1 heterocycles. The van der Waals surface area contributed by atoms with Crippen LogP contribution >= 0.6 is 0 Å². The van der Waals surface area contributed by atoms with Gasteiger partial charge in [-0.2, -0.15) is 0 Å². The van der Waals surface area contributed by atoms with Gasteiger partial charge < -0.3 is 16.4 Å². The van der Waals surface area contributed by atoms with Gasteiger partial charge in [0.25, 0.3) is 5.56 Å². The lowest BCUT2D eigenvalue weighted by Crippen LogP contribution is -2.26. The van der Waals surface area contributed by atoms with Crippen LogP contribution in [0.2, 0.25) is 0 Å². The SMILES string of the molecule is CNCc1cn(-c2cc(C(N)=O)ccc2C)c(=O)c(NCc2ccccc2)n1. The monoisotopic (exact) mass is 377 g/mol. The van der Waals surface area contributed by atoms with Crippen LogP contribution in [-0.4, -0.2) is 22.5 Å². The number of hydrogen-bond acceptors (Lipinski definition) is 5. The topological polar surface area (TPSA) is 102 Å². The highest BCUT2D eigenvalue weighted by atomic mass is 16.1.